The molecule has 90 valence electrons. The molecule has 2 atom stereocenters. The highest BCUT2D eigenvalue weighted by atomic mass is 32.1. The minimum absolute atomic E-state index is 0.590. The van der Waals surface area contributed by atoms with E-state index in [0.717, 1.165) is 23.0 Å². The Bertz CT molecular complexity index is 623. The van der Waals surface area contributed by atoms with Gasteiger partial charge in [-0.2, -0.15) is 5.10 Å². The van der Waals surface area contributed by atoms with Crippen molar-refractivity contribution in [3.8, 4) is 0 Å². The van der Waals surface area contributed by atoms with Gasteiger partial charge >= 0.3 is 0 Å². The Morgan fingerprint density at radius 2 is 2.28 bits per heavy atom. The Balaban J connectivity index is 1.55. The van der Waals surface area contributed by atoms with Crippen molar-refractivity contribution in [2.24, 2.45) is 16.9 Å². The Hall–Kier alpha value is -1.68. The normalized spacial score (nSPS) is 27.4. The first-order chi connectivity index (χ1) is 8.90. The average Bonchev–Trinajstić information content (AvgIpc) is 2.93. The molecule has 4 heteroatoms. The van der Waals surface area contributed by atoms with Crippen molar-refractivity contribution in [2.75, 3.05) is 5.43 Å². The van der Waals surface area contributed by atoms with E-state index in [2.05, 4.69) is 33.7 Å². The Kier molecular flexibility index (Phi) is 2.23. The summed E-state index contributed by atoms with van der Waals surface area (Å²) in [5.41, 5.74) is 5.42. The number of hydrogen-bond donors (Lipinski definition) is 1. The zero-order valence-electron chi connectivity index (χ0n) is 9.84. The SMILES string of the molecule is C1=C[C@H]2/C(=N/Nc3nc4ccccc4s3)C[C@H]2C1. The molecule has 1 heterocycles. The molecule has 1 aromatic heterocycles. The van der Waals surface area contributed by atoms with E-state index >= 15 is 0 Å². The smallest absolute Gasteiger partial charge is 0.204 e. The van der Waals surface area contributed by atoms with Gasteiger partial charge in [-0.25, -0.2) is 4.98 Å². The molecule has 3 nitrogen and oxygen atoms in total. The average molecular weight is 255 g/mol. The molecule has 0 saturated heterocycles. The van der Waals surface area contributed by atoms with Gasteiger partial charge in [0.05, 0.1) is 10.2 Å². The van der Waals surface area contributed by atoms with Gasteiger partial charge in [0, 0.05) is 11.6 Å². The fourth-order valence-electron chi connectivity index (χ4n) is 2.70. The predicted octanol–water partition coefficient (Wildman–Crippen LogP) is 3.66. The highest BCUT2D eigenvalue weighted by Gasteiger charge is 2.37. The quantitative estimate of drug-likeness (QED) is 0.657. The van der Waals surface area contributed by atoms with Gasteiger partial charge in [0.25, 0.3) is 0 Å². The molecule has 0 unspecified atom stereocenters. The van der Waals surface area contributed by atoms with Crippen LogP contribution in [-0.2, 0) is 0 Å². The van der Waals surface area contributed by atoms with E-state index in [1.807, 2.05) is 18.2 Å². The number of rotatable bonds is 2. The molecule has 18 heavy (non-hydrogen) atoms. The summed E-state index contributed by atoms with van der Waals surface area (Å²) in [5, 5.41) is 5.38. The zero-order chi connectivity index (χ0) is 11.9. The number of nitrogens with one attached hydrogen (secondary N) is 1. The van der Waals surface area contributed by atoms with Crippen molar-refractivity contribution in [1.29, 1.82) is 0 Å². The van der Waals surface area contributed by atoms with Crippen LogP contribution >= 0.6 is 11.3 Å². The summed E-state index contributed by atoms with van der Waals surface area (Å²) in [6.45, 7) is 0. The van der Waals surface area contributed by atoms with Crippen LogP contribution in [0.2, 0.25) is 0 Å². The van der Waals surface area contributed by atoms with E-state index in [1.165, 1.54) is 16.8 Å². The van der Waals surface area contributed by atoms with Gasteiger partial charge in [-0.05, 0) is 30.9 Å². The lowest BCUT2D eigenvalue weighted by Crippen LogP contribution is -2.33. The van der Waals surface area contributed by atoms with Crippen molar-refractivity contribution in [3.63, 3.8) is 0 Å². The third-order valence-electron chi connectivity index (χ3n) is 3.74. The third kappa shape index (κ3) is 1.56. The summed E-state index contributed by atoms with van der Waals surface area (Å²) in [5.74, 6) is 1.41. The number of benzene rings is 1. The minimum Gasteiger partial charge on any atom is -0.253 e. The van der Waals surface area contributed by atoms with Gasteiger partial charge < -0.3 is 0 Å². The monoisotopic (exact) mass is 255 g/mol. The maximum absolute atomic E-state index is 4.51. The Morgan fingerprint density at radius 3 is 3.17 bits per heavy atom. The fraction of sp³-hybridized carbons (Fsp3) is 0.286. The molecule has 2 aromatic rings. The first kappa shape index (κ1) is 10.3. The fourth-order valence-corrected chi connectivity index (χ4v) is 3.51. The van der Waals surface area contributed by atoms with Gasteiger partial charge in [-0.15, -0.1) is 0 Å². The van der Waals surface area contributed by atoms with Crippen LogP contribution in [0, 0.1) is 11.8 Å². The van der Waals surface area contributed by atoms with E-state index in [-0.39, 0.29) is 0 Å². The van der Waals surface area contributed by atoms with Gasteiger partial charge in [0.1, 0.15) is 0 Å². The van der Waals surface area contributed by atoms with Crippen molar-refractivity contribution < 1.29 is 0 Å². The number of fused-ring (bicyclic) bond motifs is 2. The molecule has 2 aliphatic carbocycles. The number of thiazole rings is 1. The van der Waals surface area contributed by atoms with Crippen LogP contribution < -0.4 is 5.43 Å². The molecule has 4 rings (SSSR count). The maximum Gasteiger partial charge on any atom is 0.204 e. The summed E-state index contributed by atoms with van der Waals surface area (Å²) < 4.78 is 1.20. The first-order valence-electron chi connectivity index (χ1n) is 6.25. The number of para-hydroxylation sites is 1. The second-order valence-corrected chi connectivity index (χ2v) is 5.89. The molecule has 0 bridgehead atoms. The molecule has 0 spiro atoms. The lowest BCUT2D eigenvalue weighted by molar-refractivity contribution is 0.447. The summed E-state index contributed by atoms with van der Waals surface area (Å²) in [4.78, 5) is 4.51. The topological polar surface area (TPSA) is 37.3 Å². The van der Waals surface area contributed by atoms with Gasteiger partial charge in [0.15, 0.2) is 0 Å². The lowest BCUT2D eigenvalue weighted by Gasteiger charge is -2.31. The van der Waals surface area contributed by atoms with Crippen LogP contribution in [0.5, 0.6) is 0 Å². The van der Waals surface area contributed by atoms with Crippen LogP contribution in [0.15, 0.2) is 41.5 Å². The van der Waals surface area contributed by atoms with Crippen LogP contribution in [0.4, 0.5) is 5.13 Å². The molecule has 1 N–H and O–H groups in total. The number of hydrogen-bond acceptors (Lipinski definition) is 4. The van der Waals surface area contributed by atoms with Crippen LogP contribution in [-0.4, -0.2) is 10.7 Å². The summed E-state index contributed by atoms with van der Waals surface area (Å²) in [6.07, 6.45) is 6.92. The summed E-state index contributed by atoms with van der Waals surface area (Å²) in [6, 6.07) is 8.17. The van der Waals surface area contributed by atoms with Crippen molar-refractivity contribution in [3.05, 3.63) is 36.4 Å². The molecule has 1 saturated carbocycles. The highest BCUT2D eigenvalue weighted by molar-refractivity contribution is 7.22. The maximum atomic E-state index is 4.51. The second-order valence-electron chi connectivity index (χ2n) is 4.86. The van der Waals surface area contributed by atoms with E-state index < -0.39 is 0 Å². The molecule has 0 amide bonds. The number of allylic oxidation sites excluding steroid dienone is 2. The molecular formula is C14H13N3S. The van der Waals surface area contributed by atoms with E-state index in [0.29, 0.717) is 5.92 Å². The molecular weight excluding hydrogens is 242 g/mol. The highest BCUT2D eigenvalue weighted by Crippen LogP contribution is 2.40. The van der Waals surface area contributed by atoms with Gasteiger partial charge in [-0.3, -0.25) is 5.43 Å². The van der Waals surface area contributed by atoms with Crippen molar-refractivity contribution >= 4 is 32.4 Å². The van der Waals surface area contributed by atoms with E-state index in [9.17, 15) is 0 Å². The predicted molar refractivity (Wildman–Crippen MR) is 76.0 cm³/mol. The molecule has 1 aromatic carbocycles. The standard InChI is InChI=1S/C14H13N3S/c1-2-7-13-11(6-1)15-14(18-13)17-16-12-8-9-4-3-5-10(9)12/h1-3,5-7,9-10H,4,8H2,(H,15,17)/b16-12+/t9-,10-/m1/s1. The Morgan fingerprint density at radius 1 is 1.33 bits per heavy atom. The molecule has 1 fully saturated rings. The van der Waals surface area contributed by atoms with Gasteiger partial charge in [-0.1, -0.05) is 35.6 Å². The first-order valence-corrected chi connectivity index (χ1v) is 7.06. The number of anilines is 1. The third-order valence-corrected chi connectivity index (χ3v) is 4.68. The molecule has 2 aliphatic rings. The number of nitrogens with zero attached hydrogens (tertiary/aromatic N) is 2. The number of aromatic nitrogens is 1. The van der Waals surface area contributed by atoms with Crippen LogP contribution in [0.3, 0.4) is 0 Å². The van der Waals surface area contributed by atoms with Crippen molar-refractivity contribution in [2.45, 2.75) is 12.8 Å². The summed E-state index contributed by atoms with van der Waals surface area (Å²) >= 11 is 1.65. The van der Waals surface area contributed by atoms with Crippen LogP contribution in [0.1, 0.15) is 12.8 Å². The van der Waals surface area contributed by atoms with E-state index in [1.54, 1.807) is 11.3 Å². The van der Waals surface area contributed by atoms with Crippen LogP contribution in [0.25, 0.3) is 10.2 Å². The molecule has 0 radical (unpaired) electrons. The van der Waals surface area contributed by atoms with Gasteiger partial charge in [0.2, 0.25) is 5.13 Å². The van der Waals surface area contributed by atoms with E-state index in [4.69, 9.17) is 0 Å². The summed E-state index contributed by atoms with van der Waals surface area (Å²) in [7, 11) is 0. The minimum atomic E-state index is 0.590. The lowest BCUT2D eigenvalue weighted by atomic mass is 9.74. The Labute approximate surface area is 109 Å². The van der Waals surface area contributed by atoms with Crippen molar-refractivity contribution in [1.82, 2.24) is 4.98 Å². The largest absolute Gasteiger partial charge is 0.253 e. The number of hydrazone groups is 1. The molecule has 0 aliphatic heterocycles. The second kappa shape index (κ2) is 3.92. The zero-order valence-corrected chi connectivity index (χ0v) is 10.7.